The zero-order valence-corrected chi connectivity index (χ0v) is 18.1. The average Bonchev–Trinajstić information content (AvgIpc) is 3.08. The number of oxazole rings is 1. The van der Waals surface area contributed by atoms with Gasteiger partial charge in [0.05, 0.1) is 18.2 Å². The standard InChI is InChI=1S/C23H31N3O4/c1-15(19-4-5-20-21(12-19)29-11-10-28-20)23(27)24-13-18-6-8-26(9-7-18)14-22-25-16(2)17(3)30-22/h4-5,12,15,18H,6-11,13-14H2,1-3H3,(H,24,27). The minimum absolute atomic E-state index is 0.0554. The molecule has 7 heteroatoms. The quantitative estimate of drug-likeness (QED) is 0.784. The fraction of sp³-hybridized carbons (Fsp3) is 0.565. The van der Waals surface area contributed by atoms with Crippen molar-refractivity contribution >= 4 is 5.91 Å². The number of carbonyl (C=O) groups excluding carboxylic acids is 1. The van der Waals surface area contributed by atoms with Crippen molar-refractivity contribution in [3.05, 3.63) is 41.1 Å². The molecule has 2 aliphatic heterocycles. The molecule has 1 aromatic carbocycles. The monoisotopic (exact) mass is 413 g/mol. The number of aromatic nitrogens is 1. The fourth-order valence-electron chi connectivity index (χ4n) is 4.03. The molecule has 4 rings (SSSR count). The summed E-state index contributed by atoms with van der Waals surface area (Å²) in [4.78, 5) is 19.5. The van der Waals surface area contributed by atoms with Gasteiger partial charge in [0.1, 0.15) is 19.0 Å². The van der Waals surface area contributed by atoms with Crippen molar-refractivity contribution in [2.75, 3.05) is 32.8 Å². The van der Waals surface area contributed by atoms with Crippen LogP contribution in [0.25, 0.3) is 0 Å². The maximum atomic E-state index is 12.7. The number of hydrogen-bond acceptors (Lipinski definition) is 6. The van der Waals surface area contributed by atoms with Crippen LogP contribution in [0.4, 0.5) is 0 Å². The zero-order valence-electron chi connectivity index (χ0n) is 18.1. The smallest absolute Gasteiger partial charge is 0.227 e. The van der Waals surface area contributed by atoms with Crippen LogP contribution in [0.3, 0.4) is 0 Å². The Morgan fingerprint density at radius 1 is 1.20 bits per heavy atom. The Labute approximate surface area is 177 Å². The van der Waals surface area contributed by atoms with E-state index < -0.39 is 0 Å². The predicted octanol–water partition coefficient (Wildman–Crippen LogP) is 3.19. The Morgan fingerprint density at radius 2 is 1.93 bits per heavy atom. The summed E-state index contributed by atoms with van der Waals surface area (Å²) in [6, 6.07) is 5.76. The number of carbonyl (C=O) groups is 1. The molecular formula is C23H31N3O4. The lowest BCUT2D eigenvalue weighted by Gasteiger charge is -2.31. The van der Waals surface area contributed by atoms with E-state index in [2.05, 4.69) is 15.2 Å². The van der Waals surface area contributed by atoms with E-state index in [4.69, 9.17) is 13.9 Å². The molecule has 1 amide bonds. The number of rotatable bonds is 6. The van der Waals surface area contributed by atoms with E-state index in [0.717, 1.165) is 73.4 Å². The van der Waals surface area contributed by atoms with Crippen LogP contribution in [0, 0.1) is 19.8 Å². The summed E-state index contributed by atoms with van der Waals surface area (Å²) in [5.74, 6) is 3.50. The fourth-order valence-corrected chi connectivity index (χ4v) is 4.03. The van der Waals surface area contributed by atoms with E-state index in [1.165, 1.54) is 0 Å². The number of hydrogen-bond donors (Lipinski definition) is 1. The average molecular weight is 414 g/mol. The molecule has 1 fully saturated rings. The Kier molecular flexibility index (Phi) is 6.27. The summed E-state index contributed by atoms with van der Waals surface area (Å²) >= 11 is 0. The van der Waals surface area contributed by atoms with Crippen LogP contribution in [-0.2, 0) is 11.3 Å². The number of nitrogens with zero attached hydrogens (tertiary/aromatic N) is 2. The summed E-state index contributed by atoms with van der Waals surface area (Å²) in [6.45, 7) is 10.5. The lowest BCUT2D eigenvalue weighted by molar-refractivity contribution is -0.122. The molecule has 162 valence electrons. The van der Waals surface area contributed by atoms with E-state index in [-0.39, 0.29) is 11.8 Å². The highest BCUT2D eigenvalue weighted by Gasteiger charge is 2.23. The molecule has 0 saturated carbocycles. The van der Waals surface area contributed by atoms with Gasteiger partial charge in [-0.1, -0.05) is 6.07 Å². The minimum Gasteiger partial charge on any atom is -0.486 e. The molecule has 2 aliphatic rings. The van der Waals surface area contributed by atoms with E-state index in [1.807, 2.05) is 39.0 Å². The second-order valence-corrected chi connectivity index (χ2v) is 8.34. The molecule has 0 bridgehead atoms. The van der Waals surface area contributed by atoms with Gasteiger partial charge in [-0.2, -0.15) is 0 Å². The highest BCUT2D eigenvalue weighted by atomic mass is 16.6. The van der Waals surface area contributed by atoms with Crippen molar-refractivity contribution in [1.82, 2.24) is 15.2 Å². The molecule has 1 atom stereocenters. The zero-order chi connectivity index (χ0) is 21.1. The van der Waals surface area contributed by atoms with Gasteiger partial charge >= 0.3 is 0 Å². The third-order valence-electron chi connectivity index (χ3n) is 6.16. The lowest BCUT2D eigenvalue weighted by atomic mass is 9.95. The number of nitrogens with one attached hydrogen (secondary N) is 1. The highest BCUT2D eigenvalue weighted by molar-refractivity contribution is 5.83. The number of piperidine rings is 1. The highest BCUT2D eigenvalue weighted by Crippen LogP contribution is 2.33. The normalized spacial score (nSPS) is 18.2. The Bertz CT molecular complexity index is 867. The molecule has 7 nitrogen and oxygen atoms in total. The molecular weight excluding hydrogens is 382 g/mol. The van der Waals surface area contributed by atoms with Gasteiger partial charge < -0.3 is 19.2 Å². The molecule has 0 spiro atoms. The second-order valence-electron chi connectivity index (χ2n) is 8.34. The van der Waals surface area contributed by atoms with Gasteiger partial charge in [-0.25, -0.2) is 4.98 Å². The first-order valence-corrected chi connectivity index (χ1v) is 10.8. The van der Waals surface area contributed by atoms with Crippen LogP contribution in [0.5, 0.6) is 11.5 Å². The number of amides is 1. The molecule has 0 aliphatic carbocycles. The Balaban J connectivity index is 1.22. The first-order valence-electron chi connectivity index (χ1n) is 10.8. The number of likely N-dealkylation sites (tertiary alicyclic amines) is 1. The summed E-state index contributed by atoms with van der Waals surface area (Å²) in [6.07, 6.45) is 2.13. The third kappa shape index (κ3) is 4.78. The number of fused-ring (bicyclic) bond motifs is 1. The molecule has 30 heavy (non-hydrogen) atoms. The number of benzene rings is 1. The first-order chi connectivity index (χ1) is 14.5. The van der Waals surface area contributed by atoms with E-state index in [9.17, 15) is 4.79 Å². The van der Waals surface area contributed by atoms with Crippen molar-refractivity contribution in [2.24, 2.45) is 5.92 Å². The lowest BCUT2D eigenvalue weighted by Crippen LogP contribution is -2.39. The Morgan fingerprint density at radius 3 is 2.63 bits per heavy atom. The topological polar surface area (TPSA) is 76.8 Å². The van der Waals surface area contributed by atoms with E-state index in [1.54, 1.807) is 0 Å². The van der Waals surface area contributed by atoms with E-state index in [0.29, 0.717) is 19.1 Å². The molecule has 1 N–H and O–H groups in total. The SMILES string of the molecule is Cc1nc(CN2CCC(CNC(=O)C(C)c3ccc4c(c3)OCCO4)CC2)oc1C. The van der Waals surface area contributed by atoms with Gasteiger partial charge in [0.15, 0.2) is 11.5 Å². The Hall–Kier alpha value is -2.54. The molecule has 2 aromatic rings. The summed E-state index contributed by atoms with van der Waals surface area (Å²) in [5.41, 5.74) is 1.91. The van der Waals surface area contributed by atoms with Crippen molar-refractivity contribution in [3.63, 3.8) is 0 Å². The molecule has 1 unspecified atom stereocenters. The van der Waals surface area contributed by atoms with Crippen LogP contribution >= 0.6 is 0 Å². The second kappa shape index (κ2) is 9.08. The van der Waals surface area contributed by atoms with Gasteiger partial charge in [0.25, 0.3) is 0 Å². The molecule has 0 radical (unpaired) electrons. The maximum absolute atomic E-state index is 12.7. The minimum atomic E-state index is -0.225. The summed E-state index contributed by atoms with van der Waals surface area (Å²) in [5, 5.41) is 3.15. The molecule has 3 heterocycles. The van der Waals surface area contributed by atoms with Crippen LogP contribution in [0.15, 0.2) is 22.6 Å². The number of aryl methyl sites for hydroxylation is 2. The van der Waals surface area contributed by atoms with Crippen LogP contribution in [0.2, 0.25) is 0 Å². The van der Waals surface area contributed by atoms with Crippen molar-refractivity contribution < 1.29 is 18.7 Å². The largest absolute Gasteiger partial charge is 0.486 e. The number of ether oxygens (including phenoxy) is 2. The maximum Gasteiger partial charge on any atom is 0.227 e. The van der Waals surface area contributed by atoms with Crippen molar-refractivity contribution in [3.8, 4) is 11.5 Å². The summed E-state index contributed by atoms with van der Waals surface area (Å²) in [7, 11) is 0. The predicted molar refractivity (Wildman–Crippen MR) is 113 cm³/mol. The van der Waals surface area contributed by atoms with Gasteiger partial charge in [-0.05, 0) is 70.3 Å². The summed E-state index contributed by atoms with van der Waals surface area (Å²) < 4.78 is 16.9. The molecule has 1 saturated heterocycles. The van der Waals surface area contributed by atoms with Crippen LogP contribution < -0.4 is 14.8 Å². The first kappa shape index (κ1) is 20.7. The van der Waals surface area contributed by atoms with Crippen molar-refractivity contribution in [1.29, 1.82) is 0 Å². The molecule has 1 aromatic heterocycles. The van der Waals surface area contributed by atoms with Crippen LogP contribution in [-0.4, -0.2) is 48.6 Å². The van der Waals surface area contributed by atoms with Crippen molar-refractivity contribution in [2.45, 2.75) is 46.1 Å². The van der Waals surface area contributed by atoms with Gasteiger partial charge in [0.2, 0.25) is 11.8 Å². The van der Waals surface area contributed by atoms with E-state index >= 15 is 0 Å². The van der Waals surface area contributed by atoms with Gasteiger partial charge in [-0.15, -0.1) is 0 Å². The van der Waals surface area contributed by atoms with Gasteiger partial charge in [0, 0.05) is 6.54 Å². The van der Waals surface area contributed by atoms with Crippen LogP contribution in [0.1, 0.15) is 48.6 Å². The third-order valence-corrected chi connectivity index (χ3v) is 6.16. The van der Waals surface area contributed by atoms with Gasteiger partial charge in [-0.3, -0.25) is 9.69 Å².